The molecule has 0 radical (unpaired) electrons. The van der Waals surface area contributed by atoms with Crippen LogP contribution in [0, 0.1) is 0 Å². The highest BCUT2D eigenvalue weighted by Gasteiger charge is 1.95. The third-order valence-corrected chi connectivity index (χ3v) is 4.75. The van der Waals surface area contributed by atoms with E-state index in [1.54, 1.807) is 0 Å². The zero-order chi connectivity index (χ0) is 17.6. The van der Waals surface area contributed by atoms with Gasteiger partial charge in [0.25, 0.3) is 0 Å². The molecule has 0 unspecified atom stereocenters. The van der Waals surface area contributed by atoms with Gasteiger partial charge in [0.1, 0.15) is 0 Å². The summed E-state index contributed by atoms with van der Waals surface area (Å²) in [6, 6.07) is 0. The van der Waals surface area contributed by atoms with Crippen LogP contribution in [0.3, 0.4) is 0 Å². The van der Waals surface area contributed by atoms with E-state index in [2.05, 4.69) is 13.8 Å². The Hall–Kier alpha value is -0.0800. The number of hydrogen-bond donors (Lipinski definition) is 0. The largest absolute Gasteiger partial charge is 0.237 e. The van der Waals surface area contributed by atoms with Crippen LogP contribution in [0.1, 0.15) is 129 Å². The summed E-state index contributed by atoms with van der Waals surface area (Å²) in [4.78, 5) is 10.5. The van der Waals surface area contributed by atoms with Crippen molar-refractivity contribution in [2.75, 3.05) is 13.2 Å². The molecule has 0 aromatic rings. The molecule has 0 aliphatic heterocycles. The predicted molar refractivity (Wildman–Crippen MR) is 106 cm³/mol. The number of rotatable bonds is 21. The summed E-state index contributed by atoms with van der Waals surface area (Å²) in [6.07, 6.45) is 24.4. The fourth-order valence-electron chi connectivity index (χ4n) is 3.06. The Balaban J connectivity index is 2.93. The average Bonchev–Trinajstić information content (AvgIpc) is 2.60. The number of unbranched alkanes of at least 4 members (excludes halogenated alkanes) is 16. The minimum atomic E-state index is 0.771. The highest BCUT2D eigenvalue weighted by atomic mass is 17.2. The molecule has 0 N–H and O–H groups in total. The summed E-state index contributed by atoms with van der Waals surface area (Å²) >= 11 is 0. The summed E-state index contributed by atoms with van der Waals surface area (Å²) in [7, 11) is 0. The molecule has 0 fully saturated rings. The lowest BCUT2D eigenvalue weighted by Gasteiger charge is -2.05. The van der Waals surface area contributed by atoms with Crippen molar-refractivity contribution >= 4 is 0 Å². The lowest BCUT2D eigenvalue weighted by atomic mass is 10.1. The van der Waals surface area contributed by atoms with Gasteiger partial charge in [0.15, 0.2) is 0 Å². The van der Waals surface area contributed by atoms with Crippen molar-refractivity contribution in [2.24, 2.45) is 0 Å². The van der Waals surface area contributed by atoms with Gasteiger partial charge in [0, 0.05) is 0 Å². The first-order valence-electron chi connectivity index (χ1n) is 11.2. The van der Waals surface area contributed by atoms with Crippen molar-refractivity contribution in [3.05, 3.63) is 0 Å². The standard InChI is InChI=1S/C22H46O2/c1-3-5-7-9-11-13-15-17-19-21-23-24-22-20-18-16-14-12-10-8-6-4-2/h3-22H2,1-2H3. The van der Waals surface area contributed by atoms with Crippen LogP contribution in [0.15, 0.2) is 0 Å². The molecule has 0 rings (SSSR count). The van der Waals surface area contributed by atoms with Gasteiger partial charge in [-0.2, -0.15) is 0 Å². The summed E-state index contributed by atoms with van der Waals surface area (Å²) in [6.45, 7) is 6.09. The van der Waals surface area contributed by atoms with Gasteiger partial charge in [-0.25, -0.2) is 9.78 Å². The molecular weight excluding hydrogens is 296 g/mol. The quantitative estimate of drug-likeness (QED) is 0.119. The molecule has 0 heterocycles. The Labute approximate surface area is 153 Å². The van der Waals surface area contributed by atoms with Crippen LogP contribution >= 0.6 is 0 Å². The first-order valence-corrected chi connectivity index (χ1v) is 11.2. The minimum absolute atomic E-state index is 0.771. The summed E-state index contributed by atoms with van der Waals surface area (Å²) in [5.74, 6) is 0. The maximum Gasteiger partial charge on any atom is 0.0822 e. The molecule has 0 spiro atoms. The van der Waals surface area contributed by atoms with E-state index in [1.807, 2.05) is 0 Å². The van der Waals surface area contributed by atoms with Gasteiger partial charge in [-0.3, -0.25) is 0 Å². The van der Waals surface area contributed by atoms with Gasteiger partial charge in [0.05, 0.1) is 13.2 Å². The van der Waals surface area contributed by atoms with Crippen molar-refractivity contribution in [3.8, 4) is 0 Å². The van der Waals surface area contributed by atoms with Gasteiger partial charge in [-0.1, -0.05) is 117 Å². The van der Waals surface area contributed by atoms with E-state index in [9.17, 15) is 0 Å². The molecule has 0 aromatic carbocycles. The zero-order valence-corrected chi connectivity index (χ0v) is 17.0. The first kappa shape index (κ1) is 23.9. The van der Waals surface area contributed by atoms with Crippen LogP contribution in [0.2, 0.25) is 0 Å². The molecule has 0 amide bonds. The lowest BCUT2D eigenvalue weighted by molar-refractivity contribution is -0.295. The second-order valence-corrected chi connectivity index (χ2v) is 7.30. The van der Waals surface area contributed by atoms with Crippen LogP contribution in [0.4, 0.5) is 0 Å². The molecule has 0 aromatic heterocycles. The SMILES string of the molecule is CCCCCCCCCCCOOCCCCCCCCCCC. The molecule has 0 bridgehead atoms. The van der Waals surface area contributed by atoms with E-state index in [1.165, 1.54) is 103 Å². The van der Waals surface area contributed by atoms with Gasteiger partial charge >= 0.3 is 0 Å². The number of hydrogen-bond acceptors (Lipinski definition) is 2. The van der Waals surface area contributed by atoms with Gasteiger partial charge in [-0.05, 0) is 12.8 Å². The van der Waals surface area contributed by atoms with E-state index >= 15 is 0 Å². The summed E-state index contributed by atoms with van der Waals surface area (Å²) in [5.41, 5.74) is 0. The van der Waals surface area contributed by atoms with E-state index in [-0.39, 0.29) is 0 Å². The smallest absolute Gasteiger partial charge is 0.0822 e. The summed E-state index contributed by atoms with van der Waals surface area (Å²) in [5, 5.41) is 0. The predicted octanol–water partition coefficient (Wildman–Crippen LogP) is 8.00. The fourth-order valence-corrected chi connectivity index (χ4v) is 3.06. The van der Waals surface area contributed by atoms with Crippen molar-refractivity contribution in [3.63, 3.8) is 0 Å². The van der Waals surface area contributed by atoms with Crippen molar-refractivity contribution in [2.45, 2.75) is 129 Å². The molecule has 0 saturated heterocycles. The second-order valence-electron chi connectivity index (χ2n) is 7.30. The monoisotopic (exact) mass is 342 g/mol. The highest BCUT2D eigenvalue weighted by molar-refractivity contribution is 4.47. The average molecular weight is 343 g/mol. The van der Waals surface area contributed by atoms with Gasteiger partial charge in [-0.15, -0.1) is 0 Å². The maximum absolute atomic E-state index is 5.27. The van der Waals surface area contributed by atoms with Crippen molar-refractivity contribution < 1.29 is 9.78 Å². The van der Waals surface area contributed by atoms with E-state index in [0.717, 1.165) is 26.1 Å². The Bertz CT molecular complexity index is 184. The third kappa shape index (κ3) is 21.9. The molecule has 0 saturated carbocycles. The van der Waals surface area contributed by atoms with Crippen LogP contribution in [-0.2, 0) is 9.78 Å². The van der Waals surface area contributed by atoms with E-state index < -0.39 is 0 Å². The Morgan fingerprint density at radius 3 is 0.875 bits per heavy atom. The Morgan fingerprint density at radius 2 is 0.583 bits per heavy atom. The molecule has 0 aliphatic rings. The molecule has 24 heavy (non-hydrogen) atoms. The van der Waals surface area contributed by atoms with E-state index in [0.29, 0.717) is 0 Å². The normalized spacial score (nSPS) is 11.2. The molecular formula is C22H46O2. The van der Waals surface area contributed by atoms with Gasteiger partial charge < -0.3 is 0 Å². The van der Waals surface area contributed by atoms with Crippen LogP contribution in [0.5, 0.6) is 0 Å². The molecule has 0 atom stereocenters. The molecule has 0 aliphatic carbocycles. The zero-order valence-electron chi connectivity index (χ0n) is 17.0. The lowest BCUT2D eigenvalue weighted by Crippen LogP contribution is -1.99. The van der Waals surface area contributed by atoms with Crippen molar-refractivity contribution in [1.29, 1.82) is 0 Å². The summed E-state index contributed by atoms with van der Waals surface area (Å²) < 4.78 is 0. The molecule has 2 heteroatoms. The second kappa shape index (κ2) is 22.9. The maximum atomic E-state index is 5.27. The topological polar surface area (TPSA) is 18.5 Å². The Morgan fingerprint density at radius 1 is 0.333 bits per heavy atom. The minimum Gasteiger partial charge on any atom is -0.237 e. The van der Waals surface area contributed by atoms with Crippen molar-refractivity contribution in [1.82, 2.24) is 0 Å². The van der Waals surface area contributed by atoms with Gasteiger partial charge in [0.2, 0.25) is 0 Å². The van der Waals surface area contributed by atoms with Crippen LogP contribution in [0.25, 0.3) is 0 Å². The highest BCUT2D eigenvalue weighted by Crippen LogP contribution is 2.10. The van der Waals surface area contributed by atoms with Crippen LogP contribution in [-0.4, -0.2) is 13.2 Å². The van der Waals surface area contributed by atoms with Crippen LogP contribution < -0.4 is 0 Å². The first-order chi connectivity index (χ1) is 11.9. The third-order valence-electron chi connectivity index (χ3n) is 4.75. The van der Waals surface area contributed by atoms with E-state index in [4.69, 9.17) is 9.78 Å². The fraction of sp³-hybridized carbons (Fsp3) is 1.00. The Kier molecular flexibility index (Phi) is 22.8. The molecule has 2 nitrogen and oxygen atoms in total. The molecule has 146 valence electrons.